The molecule has 7 rings (SSSR count). The summed E-state index contributed by atoms with van der Waals surface area (Å²) < 4.78 is 12.5. The second-order valence-corrected chi connectivity index (χ2v) is 14.4. The van der Waals surface area contributed by atoms with Gasteiger partial charge in [-0.1, -0.05) is 39.3 Å². The maximum Gasteiger partial charge on any atom is 0.331 e. The van der Waals surface area contributed by atoms with Crippen LogP contribution < -0.4 is 26.7 Å². The van der Waals surface area contributed by atoms with Crippen molar-refractivity contribution >= 4 is 44.3 Å². The van der Waals surface area contributed by atoms with E-state index in [0.717, 1.165) is 39.0 Å². The minimum Gasteiger partial charge on any atom is -0.378 e. The fourth-order valence-corrected chi connectivity index (χ4v) is 7.51. The first-order valence-corrected chi connectivity index (χ1v) is 17.3. The minimum absolute atomic E-state index is 0.0107. The molecule has 48 heavy (non-hydrogen) atoms. The molecule has 0 amide bonds. The van der Waals surface area contributed by atoms with Gasteiger partial charge < -0.3 is 14.5 Å². The summed E-state index contributed by atoms with van der Waals surface area (Å²) in [4.78, 5) is 45.4. The predicted molar refractivity (Wildman–Crippen MR) is 191 cm³/mol. The van der Waals surface area contributed by atoms with Crippen molar-refractivity contribution in [2.24, 2.45) is 18.9 Å². The van der Waals surface area contributed by atoms with Gasteiger partial charge in [0.15, 0.2) is 11.6 Å². The number of hydrogen-bond acceptors (Lipinski definition) is 8. The molecule has 12 nitrogen and oxygen atoms in total. The molecule has 5 aromatic rings. The first-order chi connectivity index (χ1) is 23.0. The molecule has 0 N–H and O–H groups in total. The highest BCUT2D eigenvalue weighted by molar-refractivity contribution is 6.05. The Kier molecular flexibility index (Phi) is 8.39. The molecule has 0 spiro atoms. The van der Waals surface area contributed by atoms with E-state index >= 15 is 0 Å². The van der Waals surface area contributed by atoms with Crippen molar-refractivity contribution in [3.05, 3.63) is 67.2 Å². The Labute approximate surface area is 279 Å². The summed E-state index contributed by atoms with van der Waals surface area (Å²) in [6, 6.07) is 9.69. The Morgan fingerprint density at radius 2 is 1.27 bits per heavy atom. The lowest BCUT2D eigenvalue weighted by Gasteiger charge is -2.34. The van der Waals surface area contributed by atoms with Crippen LogP contribution in [0.1, 0.15) is 52.1 Å². The van der Waals surface area contributed by atoms with Crippen molar-refractivity contribution in [2.75, 3.05) is 49.2 Å². The minimum atomic E-state index is -0.286. The van der Waals surface area contributed by atoms with E-state index in [1.54, 1.807) is 11.6 Å². The van der Waals surface area contributed by atoms with Crippen molar-refractivity contribution in [1.29, 1.82) is 0 Å². The maximum atomic E-state index is 13.9. The van der Waals surface area contributed by atoms with Crippen LogP contribution in [0.2, 0.25) is 0 Å². The molecule has 0 bridgehead atoms. The molecule has 0 unspecified atom stereocenters. The molecule has 2 saturated heterocycles. The van der Waals surface area contributed by atoms with Gasteiger partial charge in [-0.3, -0.25) is 23.1 Å². The van der Waals surface area contributed by atoms with Gasteiger partial charge in [0.1, 0.15) is 0 Å². The Bertz CT molecular complexity index is 2190. The molecule has 0 aliphatic carbocycles. The fourth-order valence-electron chi connectivity index (χ4n) is 7.51. The Balaban J connectivity index is 1.32. The molecule has 0 radical (unpaired) electrons. The standard InChI is InChI=1S/C36H46N8O4/c1-22(2)20-42-30-18-26-27(19-31(30)43(36(42)47)21-23(3)4)33(41-13-15-48-16-14-41)38-37-32(26)40-11-9-25(10-12-40)44-34(45)28-17-24(5)7-8-29(28)39(6)35(44)46/h7-8,17-19,22-23,25H,9-16,20-21H2,1-6H3. The average molecular weight is 655 g/mol. The molecular formula is C36H46N8O4. The number of aromatic nitrogens is 6. The van der Waals surface area contributed by atoms with Crippen LogP contribution in [-0.2, 0) is 24.9 Å². The van der Waals surface area contributed by atoms with E-state index < -0.39 is 0 Å². The third kappa shape index (κ3) is 5.49. The molecule has 12 heteroatoms. The van der Waals surface area contributed by atoms with Crippen molar-refractivity contribution in [3.63, 3.8) is 0 Å². The number of benzene rings is 2. The largest absolute Gasteiger partial charge is 0.378 e. The number of nitrogens with zero attached hydrogens (tertiary/aromatic N) is 8. The Morgan fingerprint density at radius 1 is 0.729 bits per heavy atom. The highest BCUT2D eigenvalue weighted by Crippen LogP contribution is 2.36. The summed E-state index contributed by atoms with van der Waals surface area (Å²) in [6.45, 7) is 15.6. The quantitative estimate of drug-likeness (QED) is 0.258. The molecule has 0 saturated carbocycles. The lowest BCUT2D eigenvalue weighted by Crippen LogP contribution is -2.45. The lowest BCUT2D eigenvalue weighted by atomic mass is 10.0. The first kappa shape index (κ1) is 32.1. The van der Waals surface area contributed by atoms with Crippen molar-refractivity contribution in [1.82, 2.24) is 28.5 Å². The van der Waals surface area contributed by atoms with Crippen LogP contribution in [-0.4, -0.2) is 67.9 Å². The number of aryl methyl sites for hydroxylation is 2. The highest BCUT2D eigenvalue weighted by Gasteiger charge is 2.29. The second-order valence-electron chi connectivity index (χ2n) is 14.4. The maximum absolute atomic E-state index is 13.9. The fraction of sp³-hybridized carbons (Fsp3) is 0.528. The highest BCUT2D eigenvalue weighted by atomic mass is 16.5. The van der Waals surface area contributed by atoms with E-state index in [1.807, 2.05) is 34.3 Å². The smallest absolute Gasteiger partial charge is 0.331 e. The molecular weight excluding hydrogens is 608 g/mol. The van der Waals surface area contributed by atoms with Crippen molar-refractivity contribution < 1.29 is 4.74 Å². The molecule has 2 aliphatic heterocycles. The molecule has 2 fully saturated rings. The zero-order chi connectivity index (χ0) is 33.9. The monoisotopic (exact) mass is 654 g/mol. The predicted octanol–water partition coefficient (Wildman–Crippen LogP) is 4.06. The van der Waals surface area contributed by atoms with Crippen LogP contribution in [0.5, 0.6) is 0 Å². The van der Waals surface area contributed by atoms with Crippen LogP contribution in [0.25, 0.3) is 32.7 Å². The van der Waals surface area contributed by atoms with Gasteiger partial charge in [-0.05, 0) is 55.9 Å². The van der Waals surface area contributed by atoms with E-state index in [2.05, 4.69) is 49.6 Å². The van der Waals surface area contributed by atoms with Gasteiger partial charge in [0.05, 0.1) is 35.2 Å². The van der Waals surface area contributed by atoms with E-state index in [4.69, 9.17) is 14.9 Å². The molecule has 0 atom stereocenters. The Morgan fingerprint density at radius 3 is 1.81 bits per heavy atom. The van der Waals surface area contributed by atoms with Crippen molar-refractivity contribution in [3.8, 4) is 0 Å². The van der Waals surface area contributed by atoms with Gasteiger partial charge in [0.2, 0.25) is 0 Å². The number of rotatable bonds is 7. The first-order valence-electron chi connectivity index (χ1n) is 17.3. The normalized spacial score (nSPS) is 16.4. The summed E-state index contributed by atoms with van der Waals surface area (Å²) in [7, 11) is 1.73. The van der Waals surface area contributed by atoms with Gasteiger partial charge in [-0.25, -0.2) is 9.59 Å². The number of imidazole rings is 1. The summed E-state index contributed by atoms with van der Waals surface area (Å²) in [5.41, 5.74) is 2.94. The van der Waals surface area contributed by atoms with E-state index in [-0.39, 0.29) is 23.0 Å². The van der Waals surface area contributed by atoms with Gasteiger partial charge in [-0.15, -0.1) is 10.2 Å². The number of morpholine rings is 1. The Hall–Kier alpha value is -4.45. The van der Waals surface area contributed by atoms with Crippen LogP contribution in [0.15, 0.2) is 44.7 Å². The van der Waals surface area contributed by atoms with Crippen LogP contribution in [0, 0.1) is 18.8 Å². The third-order valence-corrected chi connectivity index (χ3v) is 9.87. The van der Waals surface area contributed by atoms with Crippen LogP contribution >= 0.6 is 0 Å². The molecule has 254 valence electrons. The lowest BCUT2D eigenvalue weighted by molar-refractivity contribution is 0.122. The van der Waals surface area contributed by atoms with E-state index in [1.165, 1.54) is 4.57 Å². The van der Waals surface area contributed by atoms with Gasteiger partial charge in [0.25, 0.3) is 5.56 Å². The molecule has 5 heterocycles. The molecule has 2 aromatic carbocycles. The summed E-state index contributed by atoms with van der Waals surface area (Å²) in [5, 5.41) is 12.1. The van der Waals surface area contributed by atoms with Crippen LogP contribution in [0.3, 0.4) is 0 Å². The summed E-state index contributed by atoms with van der Waals surface area (Å²) in [5.74, 6) is 2.16. The third-order valence-electron chi connectivity index (χ3n) is 9.87. The van der Waals surface area contributed by atoms with Crippen LogP contribution in [0.4, 0.5) is 11.6 Å². The van der Waals surface area contributed by atoms with Gasteiger partial charge in [-0.2, -0.15) is 0 Å². The number of ether oxygens (including phenoxy) is 1. The number of hydrogen-bond donors (Lipinski definition) is 0. The molecule has 3 aromatic heterocycles. The molecule has 2 aliphatic rings. The van der Waals surface area contributed by atoms with Crippen molar-refractivity contribution in [2.45, 2.75) is 66.6 Å². The van der Waals surface area contributed by atoms with E-state index in [9.17, 15) is 14.4 Å². The summed E-state index contributed by atoms with van der Waals surface area (Å²) >= 11 is 0. The number of anilines is 2. The topological polar surface area (TPSA) is 112 Å². The van der Waals surface area contributed by atoms with E-state index in [0.29, 0.717) is 88.1 Å². The number of piperidine rings is 1. The zero-order valence-corrected chi connectivity index (χ0v) is 28.9. The zero-order valence-electron chi connectivity index (χ0n) is 28.9. The average Bonchev–Trinajstić information content (AvgIpc) is 3.31. The van der Waals surface area contributed by atoms with Gasteiger partial charge in [0, 0.05) is 63.1 Å². The second kappa shape index (κ2) is 12.5. The number of fused-ring (bicyclic) bond motifs is 3. The summed E-state index contributed by atoms with van der Waals surface area (Å²) in [6.07, 6.45) is 1.23. The SMILES string of the molecule is Cc1ccc2c(c1)c(=O)n(C1CCN(c3nnc(N4CCOCC4)c4cc5c(cc34)n(CC(C)C)c(=O)n5CC(C)C)CC1)c(=O)n2C. The van der Waals surface area contributed by atoms with Gasteiger partial charge >= 0.3 is 11.4 Å².